The second-order valence-corrected chi connectivity index (χ2v) is 10.1. The molecule has 9 rings (SSSR count). The number of hydrogen-bond donors (Lipinski definition) is 0. The van der Waals surface area contributed by atoms with Gasteiger partial charge >= 0.3 is 0 Å². The molecule has 2 aliphatic carbocycles. The summed E-state index contributed by atoms with van der Waals surface area (Å²) in [6.45, 7) is 0. The molecule has 1 aliphatic heterocycles. The second-order valence-electron chi connectivity index (χ2n) is 10.1. The molecule has 0 radical (unpaired) electrons. The van der Waals surface area contributed by atoms with E-state index < -0.39 is 0 Å². The minimum atomic E-state index is 0.997. The van der Waals surface area contributed by atoms with Gasteiger partial charge in [-0.3, -0.25) is 0 Å². The fraction of sp³-hybridized carbons (Fsp3) is 0.0909. The Bertz CT molecular complexity index is 1880. The molecule has 0 atom stereocenters. The van der Waals surface area contributed by atoms with Crippen LogP contribution in [0.2, 0.25) is 0 Å². The fourth-order valence-corrected chi connectivity index (χ4v) is 6.99. The summed E-state index contributed by atoms with van der Waals surface area (Å²) in [4.78, 5) is 0. The Morgan fingerprint density at radius 2 is 1.15 bits per heavy atom. The first kappa shape index (κ1) is 17.4. The smallest absolute Gasteiger partial charge is 0.0622 e. The molecule has 0 fully saturated rings. The van der Waals surface area contributed by atoms with E-state index in [1.165, 1.54) is 83.1 Å². The van der Waals surface area contributed by atoms with Crippen LogP contribution in [0.1, 0.15) is 33.4 Å². The predicted octanol–water partition coefficient (Wildman–Crippen LogP) is 7.83. The van der Waals surface area contributed by atoms with Crippen LogP contribution < -0.4 is 0 Å². The first-order valence-corrected chi connectivity index (χ1v) is 12.3. The van der Waals surface area contributed by atoms with E-state index >= 15 is 0 Å². The van der Waals surface area contributed by atoms with Crippen molar-refractivity contribution in [2.45, 2.75) is 19.3 Å². The monoisotopic (exact) mass is 431 g/mol. The molecule has 0 saturated carbocycles. The molecule has 1 heteroatoms. The molecule has 2 heterocycles. The number of para-hydroxylation sites is 1. The van der Waals surface area contributed by atoms with Crippen molar-refractivity contribution in [2.24, 2.45) is 0 Å². The topological polar surface area (TPSA) is 4.93 Å². The lowest BCUT2D eigenvalue weighted by molar-refractivity contribution is 1.04. The highest BCUT2D eigenvalue weighted by atomic mass is 15.0. The van der Waals surface area contributed by atoms with Gasteiger partial charge in [0.05, 0.1) is 16.7 Å². The van der Waals surface area contributed by atoms with E-state index in [1.54, 1.807) is 0 Å². The molecular weight excluding hydrogens is 410 g/mol. The standard InChI is InChI=1S/C33H21N/c1-3-9-25-19(6-1)15-23-18-30-24(17-29(23)25)16-22-8-5-11-27-28-13-12-21-14-20-7-2-4-10-26(20)31(21)33(28)34(30)32(22)27/h1-13,17-18H,14-16H2. The third-order valence-electron chi connectivity index (χ3n) is 8.40. The number of hydrogen-bond acceptors (Lipinski definition) is 0. The molecule has 0 bridgehead atoms. The zero-order valence-electron chi connectivity index (χ0n) is 18.7. The molecule has 0 unspecified atom stereocenters. The van der Waals surface area contributed by atoms with E-state index in [0.29, 0.717) is 0 Å². The Labute approximate surface area is 197 Å². The minimum absolute atomic E-state index is 0.997. The van der Waals surface area contributed by atoms with Gasteiger partial charge in [0.2, 0.25) is 0 Å². The highest BCUT2D eigenvalue weighted by molar-refractivity contribution is 6.16. The molecule has 0 amide bonds. The van der Waals surface area contributed by atoms with E-state index in [0.717, 1.165) is 19.3 Å². The third-order valence-corrected chi connectivity index (χ3v) is 8.40. The zero-order valence-corrected chi connectivity index (χ0v) is 18.7. The molecule has 0 saturated heterocycles. The SMILES string of the molecule is c1ccc2c(c1)Cc1cc3c(cc1-2)Cc1cccc2c4ccc5c(c4n-3c12)-c1ccccc1C5. The number of fused-ring (bicyclic) bond motifs is 12. The van der Waals surface area contributed by atoms with Crippen LogP contribution in [0.25, 0.3) is 49.7 Å². The van der Waals surface area contributed by atoms with E-state index in [9.17, 15) is 0 Å². The van der Waals surface area contributed by atoms with Gasteiger partial charge in [0, 0.05) is 22.8 Å². The minimum Gasteiger partial charge on any atom is -0.308 e. The third kappa shape index (κ3) is 1.98. The molecule has 1 aromatic heterocycles. The summed E-state index contributed by atoms with van der Waals surface area (Å²) in [5, 5.41) is 2.76. The number of benzene rings is 5. The molecule has 3 aliphatic rings. The van der Waals surface area contributed by atoms with E-state index in [-0.39, 0.29) is 0 Å². The van der Waals surface area contributed by atoms with Crippen molar-refractivity contribution in [2.75, 3.05) is 0 Å². The highest BCUT2D eigenvalue weighted by Crippen LogP contribution is 2.49. The molecule has 0 N–H and O–H groups in total. The van der Waals surface area contributed by atoms with E-state index in [1.807, 2.05) is 0 Å². The van der Waals surface area contributed by atoms with Crippen LogP contribution in [0.5, 0.6) is 0 Å². The first-order valence-electron chi connectivity index (χ1n) is 12.3. The lowest BCUT2D eigenvalue weighted by Crippen LogP contribution is -2.09. The predicted molar refractivity (Wildman–Crippen MR) is 140 cm³/mol. The Balaban J connectivity index is 1.44. The van der Waals surface area contributed by atoms with Gasteiger partial charge in [-0.25, -0.2) is 0 Å². The second kappa shape index (κ2) is 5.87. The van der Waals surface area contributed by atoms with Gasteiger partial charge in [-0.2, -0.15) is 0 Å². The van der Waals surface area contributed by atoms with Crippen LogP contribution in [0.3, 0.4) is 0 Å². The quantitative estimate of drug-likeness (QED) is 0.231. The molecule has 34 heavy (non-hydrogen) atoms. The Kier molecular flexibility index (Phi) is 3.00. The summed E-state index contributed by atoms with van der Waals surface area (Å²) in [5.41, 5.74) is 18.5. The highest BCUT2D eigenvalue weighted by Gasteiger charge is 2.30. The van der Waals surface area contributed by atoms with Crippen LogP contribution in [0.15, 0.2) is 91.0 Å². The van der Waals surface area contributed by atoms with E-state index in [4.69, 9.17) is 0 Å². The zero-order chi connectivity index (χ0) is 22.0. The summed E-state index contributed by atoms with van der Waals surface area (Å²) in [7, 11) is 0. The van der Waals surface area contributed by atoms with Crippen molar-refractivity contribution < 1.29 is 0 Å². The van der Waals surface area contributed by atoms with Crippen LogP contribution in [0.4, 0.5) is 0 Å². The number of aromatic nitrogens is 1. The van der Waals surface area contributed by atoms with Gasteiger partial charge in [0.1, 0.15) is 0 Å². The van der Waals surface area contributed by atoms with Crippen LogP contribution in [-0.4, -0.2) is 4.57 Å². The van der Waals surface area contributed by atoms with Crippen LogP contribution >= 0.6 is 0 Å². The maximum absolute atomic E-state index is 2.61. The Morgan fingerprint density at radius 3 is 2.06 bits per heavy atom. The molecule has 158 valence electrons. The largest absolute Gasteiger partial charge is 0.308 e. The van der Waals surface area contributed by atoms with Crippen molar-refractivity contribution >= 4 is 21.8 Å². The average molecular weight is 432 g/mol. The molecule has 5 aromatic carbocycles. The molecule has 0 spiro atoms. The van der Waals surface area contributed by atoms with Gasteiger partial charge in [-0.05, 0) is 75.0 Å². The van der Waals surface area contributed by atoms with Gasteiger partial charge in [-0.1, -0.05) is 78.9 Å². The molecular formula is C33H21N. The number of rotatable bonds is 0. The van der Waals surface area contributed by atoms with E-state index in [2.05, 4.69) is 95.6 Å². The van der Waals surface area contributed by atoms with Crippen LogP contribution in [0, 0.1) is 0 Å². The van der Waals surface area contributed by atoms with Crippen molar-refractivity contribution in [1.29, 1.82) is 0 Å². The van der Waals surface area contributed by atoms with Gasteiger partial charge in [0.25, 0.3) is 0 Å². The fourth-order valence-electron chi connectivity index (χ4n) is 6.99. The van der Waals surface area contributed by atoms with Gasteiger partial charge in [-0.15, -0.1) is 0 Å². The summed E-state index contributed by atoms with van der Waals surface area (Å²) in [5.74, 6) is 0. The maximum atomic E-state index is 2.61. The van der Waals surface area contributed by atoms with Crippen molar-refractivity contribution in [1.82, 2.24) is 4.57 Å². The summed E-state index contributed by atoms with van der Waals surface area (Å²) >= 11 is 0. The molecule has 1 nitrogen and oxygen atoms in total. The lowest BCUT2D eigenvalue weighted by Gasteiger charge is -2.23. The Morgan fingerprint density at radius 1 is 0.441 bits per heavy atom. The normalized spacial score (nSPS) is 14.1. The maximum Gasteiger partial charge on any atom is 0.0622 e. The van der Waals surface area contributed by atoms with Crippen molar-refractivity contribution in [3.8, 4) is 27.9 Å². The first-order chi connectivity index (χ1) is 16.8. The molecule has 6 aromatic rings. The Hall–Kier alpha value is -4.10. The average Bonchev–Trinajstić information content (AvgIpc) is 3.53. The summed E-state index contributed by atoms with van der Waals surface area (Å²) < 4.78 is 2.61. The lowest BCUT2D eigenvalue weighted by atomic mass is 9.93. The van der Waals surface area contributed by atoms with Crippen molar-refractivity contribution in [3.63, 3.8) is 0 Å². The number of nitrogens with zero attached hydrogens (tertiary/aromatic N) is 1. The summed E-state index contributed by atoms with van der Waals surface area (Å²) in [6.07, 6.45) is 3.06. The van der Waals surface area contributed by atoms with Gasteiger partial charge in [0.15, 0.2) is 0 Å². The van der Waals surface area contributed by atoms with Crippen LogP contribution in [-0.2, 0) is 19.3 Å². The van der Waals surface area contributed by atoms with Crippen molar-refractivity contribution in [3.05, 3.63) is 124 Å². The summed E-state index contributed by atoms with van der Waals surface area (Å²) in [6, 6.07) is 34.5. The van der Waals surface area contributed by atoms with Gasteiger partial charge < -0.3 is 4.57 Å².